The molecule has 1 aliphatic rings. The number of fused-ring (bicyclic) bond motifs is 1. The first kappa shape index (κ1) is 21.1. The molecule has 2 aromatic rings. The summed E-state index contributed by atoms with van der Waals surface area (Å²) >= 11 is 1.50. The van der Waals surface area contributed by atoms with Crippen molar-refractivity contribution in [1.82, 2.24) is 0 Å². The van der Waals surface area contributed by atoms with E-state index < -0.39 is 5.97 Å². The van der Waals surface area contributed by atoms with Gasteiger partial charge in [0.15, 0.2) is 0 Å². The molecule has 0 aliphatic heterocycles. The van der Waals surface area contributed by atoms with Crippen LogP contribution in [0.2, 0.25) is 0 Å². The monoisotopic (exact) mass is 410 g/mol. The van der Waals surface area contributed by atoms with Gasteiger partial charge in [0, 0.05) is 11.8 Å². The molecule has 0 spiro atoms. The summed E-state index contributed by atoms with van der Waals surface area (Å²) in [5, 5.41) is 13.2. The minimum Gasteiger partial charge on any atom is -0.426 e. The molecule has 1 heterocycles. The number of nitriles is 1. The molecule has 1 aromatic heterocycles. The second-order valence-electron chi connectivity index (χ2n) is 8.15. The minimum atomic E-state index is -0.487. The number of ether oxygens (including phenoxy) is 1. The Kier molecular flexibility index (Phi) is 6.09. The van der Waals surface area contributed by atoms with E-state index in [1.54, 1.807) is 24.3 Å². The van der Waals surface area contributed by atoms with E-state index in [1.807, 2.05) is 0 Å². The molecule has 5 nitrogen and oxygen atoms in total. The molecule has 1 unspecified atom stereocenters. The van der Waals surface area contributed by atoms with Gasteiger partial charge in [-0.25, -0.2) is 0 Å². The molecule has 1 amide bonds. The van der Waals surface area contributed by atoms with Crippen molar-refractivity contribution in [2.24, 2.45) is 11.3 Å². The third kappa shape index (κ3) is 4.35. The molecule has 1 aromatic carbocycles. The molecule has 6 heteroatoms. The van der Waals surface area contributed by atoms with Gasteiger partial charge in [-0.15, -0.1) is 11.3 Å². The van der Waals surface area contributed by atoms with Crippen molar-refractivity contribution < 1.29 is 14.3 Å². The van der Waals surface area contributed by atoms with Gasteiger partial charge in [0.05, 0.1) is 11.1 Å². The Morgan fingerprint density at radius 1 is 1.34 bits per heavy atom. The van der Waals surface area contributed by atoms with Crippen molar-refractivity contribution in [3.8, 4) is 11.8 Å². The van der Waals surface area contributed by atoms with Crippen LogP contribution in [0.3, 0.4) is 0 Å². The number of anilines is 1. The summed E-state index contributed by atoms with van der Waals surface area (Å²) in [4.78, 5) is 25.4. The Bertz CT molecular complexity index is 984. The lowest BCUT2D eigenvalue weighted by atomic mass is 9.69. The van der Waals surface area contributed by atoms with E-state index in [9.17, 15) is 14.9 Å². The van der Waals surface area contributed by atoms with Crippen LogP contribution in [0.4, 0.5) is 5.00 Å². The normalized spacial score (nSPS) is 15.9. The molecule has 29 heavy (non-hydrogen) atoms. The smallest absolute Gasteiger partial charge is 0.308 e. The fourth-order valence-corrected chi connectivity index (χ4v) is 5.09. The number of hydrogen-bond donors (Lipinski definition) is 1. The largest absolute Gasteiger partial charge is 0.426 e. The Balaban J connectivity index is 1.88. The molecule has 1 atom stereocenters. The molecule has 0 saturated heterocycles. The average molecular weight is 411 g/mol. The minimum absolute atomic E-state index is 0.210. The van der Waals surface area contributed by atoms with Gasteiger partial charge in [-0.05, 0) is 48.3 Å². The summed E-state index contributed by atoms with van der Waals surface area (Å²) in [6, 6.07) is 8.89. The summed E-state index contributed by atoms with van der Waals surface area (Å²) in [5.41, 5.74) is 2.16. The molecule has 3 rings (SSSR count). The fraction of sp³-hybridized carbons (Fsp3) is 0.435. The molecule has 0 fully saturated rings. The highest BCUT2D eigenvalue weighted by atomic mass is 32.1. The van der Waals surface area contributed by atoms with Crippen LogP contribution in [0, 0.1) is 22.7 Å². The van der Waals surface area contributed by atoms with Gasteiger partial charge in [0.2, 0.25) is 0 Å². The SMILES string of the molecule is CCC(C)(C)C1CCc2c(sc(NC(=O)c3ccccc3OC(C)=O)c2C#N)C1. The van der Waals surface area contributed by atoms with Crippen LogP contribution in [0.5, 0.6) is 5.75 Å². The van der Waals surface area contributed by atoms with Gasteiger partial charge in [0.25, 0.3) is 5.91 Å². The number of hydrogen-bond acceptors (Lipinski definition) is 5. The zero-order chi connectivity index (χ0) is 21.2. The lowest BCUT2D eigenvalue weighted by molar-refractivity contribution is -0.131. The number of nitrogens with zero attached hydrogens (tertiary/aromatic N) is 1. The molecule has 1 aliphatic carbocycles. The van der Waals surface area contributed by atoms with E-state index in [4.69, 9.17) is 4.74 Å². The molecule has 152 valence electrons. The third-order valence-corrected chi connectivity index (χ3v) is 7.18. The van der Waals surface area contributed by atoms with Crippen molar-refractivity contribution in [3.63, 3.8) is 0 Å². The van der Waals surface area contributed by atoms with Crippen LogP contribution in [-0.2, 0) is 17.6 Å². The number of amides is 1. The second kappa shape index (κ2) is 8.38. The van der Waals surface area contributed by atoms with Gasteiger partial charge in [-0.1, -0.05) is 39.3 Å². The van der Waals surface area contributed by atoms with Crippen molar-refractivity contribution in [3.05, 3.63) is 45.8 Å². The third-order valence-electron chi connectivity index (χ3n) is 6.01. The highest BCUT2D eigenvalue weighted by molar-refractivity contribution is 7.16. The number of thiophene rings is 1. The van der Waals surface area contributed by atoms with Crippen LogP contribution in [0.15, 0.2) is 24.3 Å². The Morgan fingerprint density at radius 3 is 2.72 bits per heavy atom. The Hall–Kier alpha value is -2.65. The topological polar surface area (TPSA) is 79.2 Å². The maximum absolute atomic E-state index is 12.9. The Morgan fingerprint density at radius 2 is 2.07 bits per heavy atom. The Labute approximate surface area is 175 Å². The second-order valence-corrected chi connectivity index (χ2v) is 9.25. The summed E-state index contributed by atoms with van der Waals surface area (Å²) in [5.74, 6) is -0.0953. The van der Waals surface area contributed by atoms with Crippen molar-refractivity contribution in [1.29, 1.82) is 5.26 Å². The molecule has 0 saturated carbocycles. The van der Waals surface area contributed by atoms with E-state index in [-0.39, 0.29) is 22.6 Å². The van der Waals surface area contributed by atoms with E-state index in [0.717, 1.165) is 31.2 Å². The van der Waals surface area contributed by atoms with Crippen LogP contribution in [-0.4, -0.2) is 11.9 Å². The first-order valence-electron chi connectivity index (χ1n) is 9.90. The van der Waals surface area contributed by atoms with Gasteiger partial charge in [0.1, 0.15) is 16.8 Å². The average Bonchev–Trinajstić information content (AvgIpc) is 3.03. The number of carbonyl (C=O) groups is 2. The van der Waals surface area contributed by atoms with Crippen LogP contribution >= 0.6 is 11.3 Å². The van der Waals surface area contributed by atoms with Gasteiger partial charge >= 0.3 is 5.97 Å². The van der Waals surface area contributed by atoms with E-state index in [1.165, 1.54) is 23.1 Å². The number of esters is 1. The number of carbonyl (C=O) groups excluding carboxylic acids is 2. The lowest BCUT2D eigenvalue weighted by Crippen LogP contribution is -2.28. The van der Waals surface area contributed by atoms with Crippen molar-refractivity contribution in [2.45, 2.75) is 53.4 Å². The maximum Gasteiger partial charge on any atom is 0.308 e. The predicted molar refractivity (Wildman–Crippen MR) is 114 cm³/mol. The highest BCUT2D eigenvalue weighted by Gasteiger charge is 2.34. The summed E-state index contributed by atoms with van der Waals surface area (Å²) in [7, 11) is 0. The highest BCUT2D eigenvalue weighted by Crippen LogP contribution is 2.45. The first-order chi connectivity index (χ1) is 13.8. The maximum atomic E-state index is 12.9. The van der Waals surface area contributed by atoms with E-state index in [2.05, 4.69) is 32.2 Å². The van der Waals surface area contributed by atoms with Crippen LogP contribution in [0.25, 0.3) is 0 Å². The van der Waals surface area contributed by atoms with E-state index in [0.29, 0.717) is 16.5 Å². The van der Waals surface area contributed by atoms with Gasteiger partial charge in [-0.2, -0.15) is 5.26 Å². The number of rotatable bonds is 5. The number of para-hydroxylation sites is 1. The molecule has 0 radical (unpaired) electrons. The quantitative estimate of drug-likeness (QED) is 0.533. The fourth-order valence-electron chi connectivity index (χ4n) is 3.82. The standard InChI is InChI=1S/C23H26N2O3S/c1-5-23(3,4)15-10-11-16-18(13-24)22(29-20(16)12-15)25-21(27)17-8-6-7-9-19(17)28-14(2)26/h6-9,15H,5,10-12H2,1-4H3,(H,25,27). The molecular formula is C23H26N2O3S. The van der Waals surface area contributed by atoms with Gasteiger partial charge in [-0.3, -0.25) is 9.59 Å². The zero-order valence-corrected chi connectivity index (χ0v) is 18.1. The lowest BCUT2D eigenvalue weighted by Gasteiger charge is -2.36. The zero-order valence-electron chi connectivity index (χ0n) is 17.3. The first-order valence-corrected chi connectivity index (χ1v) is 10.7. The number of benzene rings is 1. The number of nitrogens with one attached hydrogen (secondary N) is 1. The molecule has 1 N–H and O–H groups in total. The summed E-state index contributed by atoms with van der Waals surface area (Å²) in [6.45, 7) is 8.12. The molecular weight excluding hydrogens is 384 g/mol. The van der Waals surface area contributed by atoms with Crippen molar-refractivity contribution in [2.75, 3.05) is 5.32 Å². The summed E-state index contributed by atoms with van der Waals surface area (Å²) in [6.07, 6.45) is 3.97. The van der Waals surface area contributed by atoms with Crippen molar-refractivity contribution >= 4 is 28.2 Å². The predicted octanol–water partition coefficient (Wildman–Crippen LogP) is 5.34. The van der Waals surface area contributed by atoms with Crippen LogP contribution < -0.4 is 10.1 Å². The van der Waals surface area contributed by atoms with E-state index >= 15 is 0 Å². The molecule has 0 bridgehead atoms. The van der Waals surface area contributed by atoms with Crippen LogP contribution in [0.1, 0.15) is 66.9 Å². The van der Waals surface area contributed by atoms with Gasteiger partial charge < -0.3 is 10.1 Å². The summed E-state index contributed by atoms with van der Waals surface area (Å²) < 4.78 is 5.14.